The topological polar surface area (TPSA) is 83.1 Å². The number of thiazole rings is 1. The molecule has 138 valence electrons. The van der Waals surface area contributed by atoms with E-state index < -0.39 is 0 Å². The second-order valence-electron chi connectivity index (χ2n) is 6.69. The molecule has 0 radical (unpaired) electrons. The lowest BCUT2D eigenvalue weighted by Gasteiger charge is -2.15. The van der Waals surface area contributed by atoms with E-state index in [1.165, 1.54) is 11.3 Å². The first-order valence-electron chi connectivity index (χ1n) is 8.92. The van der Waals surface area contributed by atoms with Crippen molar-refractivity contribution < 1.29 is 9.59 Å². The Kier molecular flexibility index (Phi) is 4.77. The van der Waals surface area contributed by atoms with E-state index in [9.17, 15) is 9.59 Å². The van der Waals surface area contributed by atoms with Crippen LogP contribution in [0.1, 0.15) is 31.4 Å². The number of benzene rings is 2. The number of rotatable bonds is 5. The third-order valence-electron chi connectivity index (χ3n) is 4.49. The summed E-state index contributed by atoms with van der Waals surface area (Å²) >= 11 is 1.44. The highest BCUT2D eigenvalue weighted by Crippen LogP contribution is 2.30. The second kappa shape index (κ2) is 7.36. The molecule has 1 aliphatic rings. The van der Waals surface area contributed by atoms with E-state index in [1.54, 1.807) is 0 Å². The number of amides is 3. The molecule has 4 rings (SSSR count). The average Bonchev–Trinajstić information content (AvgIpc) is 3.42. The van der Waals surface area contributed by atoms with E-state index in [-0.39, 0.29) is 23.9 Å². The lowest BCUT2D eigenvalue weighted by molar-refractivity contribution is -0.117. The number of nitrogens with one attached hydrogen (secondary N) is 3. The summed E-state index contributed by atoms with van der Waals surface area (Å²) < 4.78 is 1.03. The fourth-order valence-electron chi connectivity index (χ4n) is 2.78. The first-order chi connectivity index (χ1) is 13.1. The van der Waals surface area contributed by atoms with Crippen LogP contribution in [-0.4, -0.2) is 16.9 Å². The van der Waals surface area contributed by atoms with Crippen LogP contribution in [-0.2, 0) is 4.79 Å². The van der Waals surface area contributed by atoms with Crippen molar-refractivity contribution in [2.75, 3.05) is 10.6 Å². The highest BCUT2D eigenvalue weighted by Gasteiger charge is 2.29. The molecule has 27 heavy (non-hydrogen) atoms. The molecule has 0 bridgehead atoms. The van der Waals surface area contributed by atoms with Gasteiger partial charge in [0.2, 0.25) is 5.91 Å². The van der Waals surface area contributed by atoms with Gasteiger partial charge in [-0.3, -0.25) is 10.1 Å². The van der Waals surface area contributed by atoms with Crippen molar-refractivity contribution in [3.05, 3.63) is 54.1 Å². The van der Waals surface area contributed by atoms with Crippen molar-refractivity contribution in [2.24, 2.45) is 5.92 Å². The maximum absolute atomic E-state index is 12.3. The minimum atomic E-state index is -0.298. The highest BCUT2D eigenvalue weighted by atomic mass is 32.1. The van der Waals surface area contributed by atoms with Gasteiger partial charge in [0.1, 0.15) is 0 Å². The minimum absolute atomic E-state index is 0.0872. The number of hydrogen-bond donors (Lipinski definition) is 3. The van der Waals surface area contributed by atoms with Crippen LogP contribution >= 0.6 is 11.3 Å². The van der Waals surface area contributed by atoms with Crippen LogP contribution in [0.3, 0.4) is 0 Å². The summed E-state index contributed by atoms with van der Waals surface area (Å²) in [7, 11) is 0. The average molecular weight is 380 g/mol. The molecule has 0 saturated heterocycles. The number of carbonyl (C=O) groups is 2. The quantitative estimate of drug-likeness (QED) is 0.608. The number of aromatic nitrogens is 1. The molecule has 1 heterocycles. The maximum Gasteiger partial charge on any atom is 0.321 e. The van der Waals surface area contributed by atoms with E-state index in [4.69, 9.17) is 0 Å². The van der Waals surface area contributed by atoms with E-state index >= 15 is 0 Å². The molecule has 0 spiro atoms. The Bertz CT molecular complexity index is 946. The fraction of sp³-hybridized carbons (Fsp3) is 0.250. The van der Waals surface area contributed by atoms with Crippen LogP contribution < -0.4 is 16.0 Å². The molecule has 1 aliphatic carbocycles. The summed E-state index contributed by atoms with van der Waals surface area (Å²) in [6.07, 6.45) is 1.96. The summed E-state index contributed by atoms with van der Waals surface area (Å²) in [6.45, 7) is 1.91. The molecule has 1 aromatic heterocycles. The van der Waals surface area contributed by atoms with Gasteiger partial charge in [0.25, 0.3) is 0 Å². The van der Waals surface area contributed by atoms with Gasteiger partial charge in [-0.05, 0) is 49.6 Å². The van der Waals surface area contributed by atoms with Crippen molar-refractivity contribution in [1.82, 2.24) is 10.3 Å². The van der Waals surface area contributed by atoms with Crippen LogP contribution in [0.4, 0.5) is 15.6 Å². The molecular weight excluding hydrogens is 360 g/mol. The molecule has 3 aromatic rings. The number of carbonyl (C=O) groups excluding carboxylic acids is 2. The number of fused-ring (bicyclic) bond motifs is 1. The van der Waals surface area contributed by atoms with E-state index in [0.29, 0.717) is 5.13 Å². The van der Waals surface area contributed by atoms with Gasteiger partial charge in [-0.25, -0.2) is 9.78 Å². The summed E-state index contributed by atoms with van der Waals surface area (Å²) in [4.78, 5) is 28.4. The normalized spacial score (nSPS) is 14.6. The summed E-state index contributed by atoms with van der Waals surface area (Å²) in [5.41, 5.74) is 2.61. The Morgan fingerprint density at radius 1 is 1.07 bits per heavy atom. The molecule has 0 aliphatic heterocycles. The van der Waals surface area contributed by atoms with Crippen molar-refractivity contribution in [1.29, 1.82) is 0 Å². The van der Waals surface area contributed by atoms with Gasteiger partial charge in [0.05, 0.1) is 16.3 Å². The molecule has 3 amide bonds. The van der Waals surface area contributed by atoms with Crippen LogP contribution in [0.2, 0.25) is 0 Å². The molecular formula is C20H20N4O2S. The predicted octanol–water partition coefficient (Wildman–Crippen LogP) is 4.53. The molecule has 3 N–H and O–H groups in total. The first-order valence-corrected chi connectivity index (χ1v) is 9.74. The van der Waals surface area contributed by atoms with Crippen molar-refractivity contribution in [3.63, 3.8) is 0 Å². The molecule has 6 nitrogen and oxygen atoms in total. The second-order valence-corrected chi connectivity index (χ2v) is 7.72. The zero-order valence-electron chi connectivity index (χ0n) is 14.9. The van der Waals surface area contributed by atoms with Crippen molar-refractivity contribution in [2.45, 2.75) is 25.8 Å². The molecule has 1 fully saturated rings. The third-order valence-corrected chi connectivity index (χ3v) is 5.44. The van der Waals surface area contributed by atoms with Crippen LogP contribution in [0.5, 0.6) is 0 Å². The van der Waals surface area contributed by atoms with E-state index in [0.717, 1.165) is 34.3 Å². The monoisotopic (exact) mass is 380 g/mol. The molecule has 1 atom stereocenters. The molecule has 7 heteroatoms. The Labute approximate surface area is 161 Å². The number of hydrogen-bond acceptors (Lipinski definition) is 4. The molecule has 1 unspecified atom stereocenters. The van der Waals surface area contributed by atoms with Gasteiger partial charge in [-0.2, -0.15) is 0 Å². The largest absolute Gasteiger partial charge is 0.331 e. The lowest BCUT2D eigenvalue weighted by Crippen LogP contribution is -2.31. The highest BCUT2D eigenvalue weighted by molar-refractivity contribution is 7.22. The number of para-hydroxylation sites is 1. The molecule has 2 aromatic carbocycles. The Morgan fingerprint density at radius 2 is 1.81 bits per heavy atom. The van der Waals surface area contributed by atoms with E-state index in [1.807, 2.05) is 55.5 Å². The summed E-state index contributed by atoms with van der Waals surface area (Å²) in [6, 6.07) is 14.8. The van der Waals surface area contributed by atoms with Crippen LogP contribution in [0, 0.1) is 5.92 Å². The minimum Gasteiger partial charge on any atom is -0.331 e. The first kappa shape index (κ1) is 17.5. The maximum atomic E-state index is 12.3. The number of anilines is 2. The van der Waals surface area contributed by atoms with Crippen molar-refractivity contribution in [3.8, 4) is 0 Å². The fourth-order valence-corrected chi connectivity index (χ4v) is 3.64. The van der Waals surface area contributed by atoms with E-state index in [2.05, 4.69) is 20.9 Å². The van der Waals surface area contributed by atoms with Gasteiger partial charge < -0.3 is 10.6 Å². The zero-order chi connectivity index (χ0) is 18.8. The molecule has 1 saturated carbocycles. The summed E-state index contributed by atoms with van der Waals surface area (Å²) in [5.74, 6) is 0.264. The number of nitrogens with zero attached hydrogens (tertiary/aromatic N) is 1. The summed E-state index contributed by atoms with van der Waals surface area (Å²) in [5, 5.41) is 9.18. The predicted molar refractivity (Wildman–Crippen MR) is 108 cm³/mol. The van der Waals surface area contributed by atoms with Gasteiger partial charge in [0, 0.05) is 11.6 Å². The van der Waals surface area contributed by atoms with Crippen LogP contribution in [0.15, 0.2) is 48.5 Å². The zero-order valence-corrected chi connectivity index (χ0v) is 15.7. The van der Waals surface area contributed by atoms with Gasteiger partial charge in [-0.15, -0.1) is 0 Å². The van der Waals surface area contributed by atoms with Crippen LogP contribution in [0.25, 0.3) is 10.2 Å². The van der Waals surface area contributed by atoms with Gasteiger partial charge in [-0.1, -0.05) is 35.6 Å². The third kappa shape index (κ3) is 4.25. The Morgan fingerprint density at radius 3 is 2.52 bits per heavy atom. The SMILES string of the molecule is CC(NC(=O)Nc1nc2ccccc2s1)c1ccc(NC(=O)C2CC2)cc1. The lowest BCUT2D eigenvalue weighted by atomic mass is 10.1. The standard InChI is InChI=1S/C20H20N4O2S/c1-12(13-8-10-15(11-9-13)22-18(25)14-6-7-14)21-19(26)24-20-23-16-4-2-3-5-17(16)27-20/h2-5,8-12,14H,6-7H2,1H3,(H,22,25)(H2,21,23,24,26). The van der Waals surface area contributed by atoms with Crippen molar-refractivity contribution >= 4 is 44.3 Å². The number of urea groups is 1. The Hall–Kier alpha value is -2.93. The van der Waals surface area contributed by atoms with Gasteiger partial charge >= 0.3 is 6.03 Å². The smallest absolute Gasteiger partial charge is 0.321 e. The Balaban J connectivity index is 1.34. The van der Waals surface area contributed by atoms with Gasteiger partial charge in [0.15, 0.2) is 5.13 Å².